The minimum absolute atomic E-state index is 0.991. The van der Waals surface area contributed by atoms with Crippen LogP contribution in [0.1, 0.15) is 18.3 Å². The predicted octanol–water partition coefficient (Wildman–Crippen LogP) is 2.67. The van der Waals surface area contributed by atoms with Gasteiger partial charge in [0.25, 0.3) is 0 Å². The van der Waals surface area contributed by atoms with E-state index in [9.17, 15) is 0 Å². The monoisotopic (exact) mass is 174 g/mol. The van der Waals surface area contributed by atoms with Crippen molar-refractivity contribution >= 4 is 11.0 Å². The Morgan fingerprint density at radius 2 is 2.08 bits per heavy atom. The molecule has 68 valence electrons. The maximum absolute atomic E-state index is 4.51. The number of fused-ring (bicyclic) bond motifs is 1. The highest BCUT2D eigenvalue weighted by molar-refractivity contribution is 5.76. The Kier molecular flexibility index (Phi) is 1.83. The van der Waals surface area contributed by atoms with E-state index in [1.54, 1.807) is 0 Å². The van der Waals surface area contributed by atoms with Crippen molar-refractivity contribution in [3.8, 4) is 0 Å². The van der Waals surface area contributed by atoms with E-state index in [2.05, 4.69) is 48.5 Å². The van der Waals surface area contributed by atoms with Crippen molar-refractivity contribution in [1.29, 1.82) is 0 Å². The summed E-state index contributed by atoms with van der Waals surface area (Å²) in [6.07, 6.45) is 0. The molecule has 1 aromatic heterocycles. The first-order valence-electron chi connectivity index (χ1n) is 4.66. The average Bonchev–Trinajstić information content (AvgIpc) is 2.39. The Morgan fingerprint density at radius 3 is 2.77 bits per heavy atom. The first kappa shape index (κ1) is 8.30. The summed E-state index contributed by atoms with van der Waals surface area (Å²) in [5.41, 5.74) is 3.62. The average molecular weight is 174 g/mol. The molecule has 2 heteroatoms. The number of imidazole rings is 1. The summed E-state index contributed by atoms with van der Waals surface area (Å²) in [7, 11) is 0. The van der Waals surface area contributed by atoms with Crippen LogP contribution in [-0.2, 0) is 6.54 Å². The molecular weight excluding hydrogens is 160 g/mol. The molecule has 0 saturated carbocycles. The van der Waals surface area contributed by atoms with Crippen LogP contribution in [0.4, 0.5) is 0 Å². The van der Waals surface area contributed by atoms with Crippen LogP contribution in [0.25, 0.3) is 11.0 Å². The minimum Gasteiger partial charge on any atom is -0.329 e. The highest BCUT2D eigenvalue weighted by Gasteiger charge is 2.04. The molecule has 2 aromatic rings. The van der Waals surface area contributed by atoms with Crippen molar-refractivity contribution in [2.75, 3.05) is 0 Å². The SMILES string of the molecule is CCn1c(C)nc2cc(C)ccc21. The van der Waals surface area contributed by atoms with E-state index in [4.69, 9.17) is 0 Å². The fourth-order valence-corrected chi connectivity index (χ4v) is 1.76. The van der Waals surface area contributed by atoms with Crippen LogP contribution in [0.5, 0.6) is 0 Å². The molecule has 2 rings (SSSR count). The smallest absolute Gasteiger partial charge is 0.106 e. The Morgan fingerprint density at radius 1 is 1.31 bits per heavy atom. The largest absolute Gasteiger partial charge is 0.329 e. The number of hydrogen-bond acceptors (Lipinski definition) is 1. The van der Waals surface area contributed by atoms with Crippen LogP contribution in [0.2, 0.25) is 0 Å². The lowest BCUT2D eigenvalue weighted by atomic mass is 10.2. The second kappa shape index (κ2) is 2.87. The molecule has 1 heterocycles. The lowest BCUT2D eigenvalue weighted by Gasteiger charge is -2.01. The molecular formula is C11H14N2. The van der Waals surface area contributed by atoms with Gasteiger partial charge in [0.1, 0.15) is 5.82 Å². The molecule has 0 aliphatic rings. The third-order valence-electron chi connectivity index (χ3n) is 2.41. The zero-order chi connectivity index (χ0) is 9.42. The summed E-state index contributed by atoms with van der Waals surface area (Å²) < 4.78 is 2.23. The third-order valence-corrected chi connectivity index (χ3v) is 2.41. The second-order valence-electron chi connectivity index (χ2n) is 3.40. The molecule has 0 amide bonds. The highest BCUT2D eigenvalue weighted by Crippen LogP contribution is 2.16. The number of hydrogen-bond donors (Lipinski definition) is 0. The van der Waals surface area contributed by atoms with Gasteiger partial charge in [0.2, 0.25) is 0 Å². The Labute approximate surface area is 78.2 Å². The lowest BCUT2D eigenvalue weighted by Crippen LogP contribution is -1.95. The Bertz CT molecular complexity index is 441. The summed E-state index contributed by atoms with van der Waals surface area (Å²) in [5, 5.41) is 0. The highest BCUT2D eigenvalue weighted by atomic mass is 15.1. The third kappa shape index (κ3) is 1.22. The van der Waals surface area contributed by atoms with Gasteiger partial charge in [-0.05, 0) is 38.5 Å². The second-order valence-corrected chi connectivity index (χ2v) is 3.40. The van der Waals surface area contributed by atoms with Gasteiger partial charge >= 0.3 is 0 Å². The molecule has 0 bridgehead atoms. The van der Waals surface area contributed by atoms with Crippen molar-refractivity contribution in [2.45, 2.75) is 27.3 Å². The Hall–Kier alpha value is -1.31. The molecule has 0 N–H and O–H groups in total. The molecule has 1 aromatic carbocycles. The van der Waals surface area contributed by atoms with Crippen LogP contribution in [0.15, 0.2) is 18.2 Å². The fourth-order valence-electron chi connectivity index (χ4n) is 1.76. The maximum atomic E-state index is 4.51. The summed E-state index contributed by atoms with van der Waals surface area (Å²) in [4.78, 5) is 4.51. The number of benzene rings is 1. The molecule has 0 unspecified atom stereocenters. The molecule has 0 radical (unpaired) electrons. The van der Waals surface area contributed by atoms with Gasteiger partial charge in [0.05, 0.1) is 11.0 Å². The van der Waals surface area contributed by atoms with Crippen molar-refractivity contribution in [1.82, 2.24) is 9.55 Å². The molecule has 0 spiro atoms. The van der Waals surface area contributed by atoms with E-state index >= 15 is 0 Å². The number of aromatic nitrogens is 2. The van der Waals surface area contributed by atoms with E-state index < -0.39 is 0 Å². The van der Waals surface area contributed by atoms with E-state index in [1.807, 2.05) is 0 Å². The predicted molar refractivity (Wildman–Crippen MR) is 54.9 cm³/mol. The van der Waals surface area contributed by atoms with E-state index in [0.29, 0.717) is 0 Å². The lowest BCUT2D eigenvalue weighted by molar-refractivity contribution is 0.753. The van der Waals surface area contributed by atoms with Gasteiger partial charge in [-0.3, -0.25) is 0 Å². The quantitative estimate of drug-likeness (QED) is 0.650. The van der Waals surface area contributed by atoms with Gasteiger partial charge < -0.3 is 4.57 Å². The molecule has 0 atom stereocenters. The summed E-state index contributed by atoms with van der Waals surface area (Å²) in [5.74, 6) is 1.10. The van der Waals surface area contributed by atoms with Crippen LogP contribution >= 0.6 is 0 Å². The molecule has 0 fully saturated rings. The normalized spacial score (nSPS) is 11.0. The van der Waals surface area contributed by atoms with Crippen molar-refractivity contribution in [2.24, 2.45) is 0 Å². The maximum Gasteiger partial charge on any atom is 0.106 e. The zero-order valence-electron chi connectivity index (χ0n) is 8.33. The van der Waals surface area contributed by atoms with Crippen LogP contribution in [0.3, 0.4) is 0 Å². The topological polar surface area (TPSA) is 17.8 Å². The van der Waals surface area contributed by atoms with E-state index in [-0.39, 0.29) is 0 Å². The van der Waals surface area contributed by atoms with Gasteiger partial charge in [-0.15, -0.1) is 0 Å². The number of rotatable bonds is 1. The molecule has 0 saturated heterocycles. The summed E-state index contributed by atoms with van der Waals surface area (Å²) in [6.45, 7) is 7.29. The molecule has 0 aliphatic heterocycles. The van der Waals surface area contributed by atoms with E-state index in [0.717, 1.165) is 17.9 Å². The molecule has 13 heavy (non-hydrogen) atoms. The van der Waals surface area contributed by atoms with Crippen molar-refractivity contribution in [3.63, 3.8) is 0 Å². The fraction of sp³-hybridized carbons (Fsp3) is 0.364. The standard InChI is InChI=1S/C11H14N2/c1-4-13-9(3)12-10-7-8(2)5-6-11(10)13/h5-7H,4H2,1-3H3. The van der Waals surface area contributed by atoms with Gasteiger partial charge in [-0.25, -0.2) is 4.98 Å². The van der Waals surface area contributed by atoms with Crippen molar-refractivity contribution < 1.29 is 0 Å². The van der Waals surface area contributed by atoms with Crippen molar-refractivity contribution in [3.05, 3.63) is 29.6 Å². The Balaban J connectivity index is 2.79. The van der Waals surface area contributed by atoms with Gasteiger partial charge in [-0.2, -0.15) is 0 Å². The van der Waals surface area contributed by atoms with E-state index in [1.165, 1.54) is 11.1 Å². The molecule has 2 nitrogen and oxygen atoms in total. The van der Waals surface area contributed by atoms with Crippen LogP contribution < -0.4 is 0 Å². The number of aryl methyl sites for hydroxylation is 3. The van der Waals surface area contributed by atoms with Crippen LogP contribution in [0, 0.1) is 13.8 Å². The minimum atomic E-state index is 0.991. The first-order valence-corrected chi connectivity index (χ1v) is 4.66. The summed E-state index contributed by atoms with van der Waals surface area (Å²) in [6, 6.07) is 6.41. The molecule has 0 aliphatic carbocycles. The van der Waals surface area contributed by atoms with Gasteiger partial charge in [0, 0.05) is 6.54 Å². The van der Waals surface area contributed by atoms with Gasteiger partial charge in [0.15, 0.2) is 0 Å². The van der Waals surface area contributed by atoms with Gasteiger partial charge in [-0.1, -0.05) is 6.07 Å². The zero-order valence-corrected chi connectivity index (χ0v) is 8.33. The first-order chi connectivity index (χ1) is 6.22. The van der Waals surface area contributed by atoms with Crippen LogP contribution in [-0.4, -0.2) is 9.55 Å². The summed E-state index contributed by atoms with van der Waals surface area (Å²) >= 11 is 0. The number of nitrogens with zero attached hydrogens (tertiary/aromatic N) is 2.